The summed E-state index contributed by atoms with van der Waals surface area (Å²) in [5.74, 6) is -2.25. The van der Waals surface area contributed by atoms with E-state index in [0.717, 1.165) is 75.3 Å². The molecule has 0 aliphatic carbocycles. The number of esters is 1. The molecule has 1 aromatic rings. The summed E-state index contributed by atoms with van der Waals surface area (Å²) in [4.78, 5) is 25.8. The van der Waals surface area contributed by atoms with Crippen molar-refractivity contribution in [2.75, 3.05) is 19.8 Å². The smallest absolute Gasteiger partial charge is 0.307 e. The van der Waals surface area contributed by atoms with Gasteiger partial charge in [0.05, 0.1) is 25.6 Å². The van der Waals surface area contributed by atoms with Gasteiger partial charge in [0, 0.05) is 25.6 Å². The molecule has 0 bridgehead atoms. The number of aliphatic hydroxyl groups is 1. The summed E-state index contributed by atoms with van der Waals surface area (Å²) in [5.41, 5.74) is 1.62. The van der Waals surface area contributed by atoms with Crippen LogP contribution in [0.15, 0.2) is 48.6 Å². The van der Waals surface area contributed by atoms with Crippen molar-refractivity contribution in [3.8, 4) is 0 Å². The molecule has 2 N–H and O–H groups in total. The summed E-state index contributed by atoms with van der Waals surface area (Å²) in [6.45, 7) is 7.89. The lowest BCUT2D eigenvalue weighted by Gasteiger charge is -2.24. The first-order valence-corrected chi connectivity index (χ1v) is 22.0. The van der Waals surface area contributed by atoms with E-state index in [4.69, 9.17) is 14.2 Å². The molecule has 0 heterocycles. The van der Waals surface area contributed by atoms with Gasteiger partial charge < -0.3 is 24.4 Å². The molecule has 2 atom stereocenters. The SMILES string of the molecule is CCCCC/C=C\C/C=C\CCCCCC(COC(=O)CCC(OCCCCCCCC)OCCCCCCCC)C(Cc1cccc(CO)c1)C(=O)O. The van der Waals surface area contributed by atoms with Gasteiger partial charge in [-0.05, 0) is 68.9 Å². The second-order valence-corrected chi connectivity index (χ2v) is 15.1. The largest absolute Gasteiger partial charge is 0.481 e. The zero-order chi connectivity index (χ0) is 39.3. The molecule has 0 radical (unpaired) electrons. The Labute approximate surface area is 330 Å². The first kappa shape index (κ1) is 49.5. The third-order valence-corrected chi connectivity index (χ3v) is 10.2. The van der Waals surface area contributed by atoms with E-state index >= 15 is 0 Å². The third kappa shape index (κ3) is 28.0. The van der Waals surface area contributed by atoms with Gasteiger partial charge in [-0.1, -0.05) is 159 Å². The second-order valence-electron chi connectivity index (χ2n) is 15.1. The number of aliphatic carboxylic acids is 1. The number of rotatable bonds is 38. The number of carboxylic acids is 1. The predicted octanol–water partition coefficient (Wildman–Crippen LogP) is 12.5. The van der Waals surface area contributed by atoms with Gasteiger partial charge in [-0.25, -0.2) is 0 Å². The molecular weight excluding hydrogens is 677 g/mol. The maximum atomic E-state index is 13.1. The van der Waals surface area contributed by atoms with Gasteiger partial charge in [-0.15, -0.1) is 0 Å². The maximum Gasteiger partial charge on any atom is 0.307 e. The van der Waals surface area contributed by atoms with E-state index in [-0.39, 0.29) is 31.5 Å². The highest BCUT2D eigenvalue weighted by Gasteiger charge is 2.29. The van der Waals surface area contributed by atoms with Crippen LogP contribution in [0.4, 0.5) is 0 Å². The van der Waals surface area contributed by atoms with Crippen LogP contribution in [-0.4, -0.2) is 48.3 Å². The second kappa shape index (κ2) is 36.2. The summed E-state index contributed by atoms with van der Waals surface area (Å²) in [7, 11) is 0. The van der Waals surface area contributed by atoms with Crippen LogP contribution in [0.5, 0.6) is 0 Å². The Kier molecular flexibility index (Phi) is 33.2. The summed E-state index contributed by atoms with van der Waals surface area (Å²) in [5, 5.41) is 20.0. The molecule has 2 unspecified atom stereocenters. The first-order chi connectivity index (χ1) is 26.4. The molecule has 0 amide bonds. The summed E-state index contributed by atoms with van der Waals surface area (Å²) in [6.07, 6.45) is 34.1. The molecule has 0 saturated heterocycles. The maximum absolute atomic E-state index is 13.1. The molecular formula is C47H80O7. The number of unbranched alkanes of at least 4 members (excludes halogenated alkanes) is 16. The molecule has 7 heteroatoms. The van der Waals surface area contributed by atoms with E-state index in [0.29, 0.717) is 32.5 Å². The minimum atomic E-state index is -0.887. The number of carbonyl (C=O) groups excluding carboxylic acids is 1. The molecule has 0 spiro atoms. The van der Waals surface area contributed by atoms with E-state index in [2.05, 4.69) is 45.1 Å². The Morgan fingerprint density at radius 1 is 0.667 bits per heavy atom. The number of ether oxygens (including phenoxy) is 3. The number of carbonyl (C=O) groups is 2. The molecule has 1 rings (SSSR count). The van der Waals surface area contributed by atoms with Crippen molar-refractivity contribution in [1.29, 1.82) is 0 Å². The topological polar surface area (TPSA) is 102 Å². The Hall–Kier alpha value is -2.48. The molecule has 0 aliphatic heterocycles. The van der Waals surface area contributed by atoms with Gasteiger partial charge >= 0.3 is 11.9 Å². The highest BCUT2D eigenvalue weighted by molar-refractivity contribution is 5.71. The van der Waals surface area contributed by atoms with Crippen molar-refractivity contribution >= 4 is 11.9 Å². The Morgan fingerprint density at radius 3 is 1.80 bits per heavy atom. The average molecular weight is 757 g/mol. The number of hydrogen-bond acceptors (Lipinski definition) is 6. The van der Waals surface area contributed by atoms with Gasteiger partial charge in [0.1, 0.15) is 0 Å². The summed E-state index contributed by atoms with van der Waals surface area (Å²) >= 11 is 0. The predicted molar refractivity (Wildman–Crippen MR) is 223 cm³/mol. The molecule has 0 saturated carbocycles. The monoisotopic (exact) mass is 757 g/mol. The summed E-state index contributed by atoms with van der Waals surface area (Å²) < 4.78 is 18.1. The Morgan fingerprint density at radius 2 is 1.20 bits per heavy atom. The number of hydrogen-bond donors (Lipinski definition) is 2. The molecule has 7 nitrogen and oxygen atoms in total. The van der Waals surface area contributed by atoms with Crippen molar-refractivity contribution in [1.82, 2.24) is 0 Å². The molecule has 54 heavy (non-hydrogen) atoms. The number of carboxylic acid groups (broad SMARTS) is 1. The normalized spacial score (nSPS) is 13.0. The Balaban J connectivity index is 2.74. The van der Waals surface area contributed by atoms with Crippen molar-refractivity contribution in [3.05, 3.63) is 59.7 Å². The van der Waals surface area contributed by atoms with Crippen LogP contribution >= 0.6 is 0 Å². The Bertz CT molecular complexity index is 1070. The van der Waals surface area contributed by atoms with Crippen molar-refractivity contribution < 1.29 is 34.0 Å². The molecule has 1 aromatic carbocycles. The highest BCUT2D eigenvalue weighted by Crippen LogP contribution is 2.26. The number of benzene rings is 1. The summed E-state index contributed by atoms with van der Waals surface area (Å²) in [6, 6.07) is 7.45. The van der Waals surface area contributed by atoms with Gasteiger partial charge in [-0.3, -0.25) is 9.59 Å². The van der Waals surface area contributed by atoms with E-state index in [1.807, 2.05) is 24.3 Å². The van der Waals surface area contributed by atoms with Crippen molar-refractivity contribution in [2.24, 2.45) is 11.8 Å². The van der Waals surface area contributed by atoms with E-state index in [1.54, 1.807) is 0 Å². The minimum Gasteiger partial charge on any atom is -0.481 e. The van der Waals surface area contributed by atoms with Crippen LogP contribution in [0, 0.1) is 11.8 Å². The van der Waals surface area contributed by atoms with E-state index in [9.17, 15) is 19.8 Å². The van der Waals surface area contributed by atoms with Gasteiger partial charge in [0.2, 0.25) is 0 Å². The zero-order valence-corrected chi connectivity index (χ0v) is 34.8. The molecule has 0 aliphatic rings. The highest BCUT2D eigenvalue weighted by atomic mass is 16.7. The van der Waals surface area contributed by atoms with E-state index in [1.165, 1.54) is 70.6 Å². The lowest BCUT2D eigenvalue weighted by atomic mass is 9.83. The third-order valence-electron chi connectivity index (χ3n) is 10.2. The quantitative estimate of drug-likeness (QED) is 0.0300. The van der Waals surface area contributed by atoms with Gasteiger partial charge in [0.15, 0.2) is 6.29 Å². The fourth-order valence-electron chi connectivity index (χ4n) is 6.75. The van der Waals surface area contributed by atoms with Crippen LogP contribution in [0.3, 0.4) is 0 Å². The fraction of sp³-hybridized carbons (Fsp3) is 0.745. The van der Waals surface area contributed by atoms with Gasteiger partial charge in [-0.2, -0.15) is 0 Å². The van der Waals surface area contributed by atoms with Crippen molar-refractivity contribution in [2.45, 2.75) is 194 Å². The molecule has 0 fully saturated rings. The zero-order valence-electron chi connectivity index (χ0n) is 34.8. The van der Waals surface area contributed by atoms with E-state index < -0.39 is 18.2 Å². The lowest BCUT2D eigenvalue weighted by molar-refractivity contribution is -0.161. The lowest BCUT2D eigenvalue weighted by Crippen LogP contribution is -2.30. The minimum absolute atomic E-state index is 0.0713. The van der Waals surface area contributed by atoms with Crippen LogP contribution in [-0.2, 0) is 36.8 Å². The van der Waals surface area contributed by atoms with Crippen LogP contribution in [0.1, 0.15) is 186 Å². The van der Waals surface area contributed by atoms with Crippen molar-refractivity contribution in [3.63, 3.8) is 0 Å². The van der Waals surface area contributed by atoms with Crippen LogP contribution in [0.2, 0.25) is 0 Å². The first-order valence-electron chi connectivity index (χ1n) is 22.0. The standard InChI is InChI=1S/C47H80O7/c1-4-7-10-13-16-17-18-19-20-21-22-23-26-32-43(44(47(50)51)38-41-30-29-31-42(37-41)39-48)40-54-45(49)33-34-46(52-35-27-24-14-11-8-5-2)53-36-28-25-15-12-9-6-3/h16-17,19-20,29-31,37,43-44,46,48H,4-15,18,21-28,32-36,38-40H2,1-3H3,(H,50,51)/b17-16-,20-19-. The molecule has 0 aromatic heterocycles. The number of aliphatic hydroxyl groups excluding tert-OH is 1. The number of allylic oxidation sites excluding steroid dienone is 4. The van der Waals surface area contributed by atoms with Crippen LogP contribution < -0.4 is 0 Å². The molecule has 310 valence electrons. The average Bonchev–Trinajstić information content (AvgIpc) is 3.17. The van der Waals surface area contributed by atoms with Gasteiger partial charge in [0.25, 0.3) is 0 Å². The fourth-order valence-corrected chi connectivity index (χ4v) is 6.75. The van der Waals surface area contributed by atoms with Crippen LogP contribution in [0.25, 0.3) is 0 Å².